The average Bonchev–Trinajstić information content (AvgIpc) is 2.74. The minimum absolute atomic E-state index is 0.157. The number of piperidine rings is 1. The molecule has 2 atom stereocenters. The molecule has 1 aromatic rings. The predicted octanol–water partition coefficient (Wildman–Crippen LogP) is 1.39. The van der Waals surface area contributed by atoms with Gasteiger partial charge in [0.15, 0.2) is 0 Å². The number of nitrogens with zero attached hydrogens (tertiary/aromatic N) is 4. The maximum absolute atomic E-state index is 12.2. The molecule has 148 valence electrons. The molecule has 0 radical (unpaired) electrons. The van der Waals surface area contributed by atoms with E-state index in [0.29, 0.717) is 19.4 Å². The van der Waals surface area contributed by atoms with Gasteiger partial charge in [-0.1, -0.05) is 6.92 Å². The fraction of sp³-hybridized carbons (Fsp3) is 0.650. The number of aromatic nitrogens is 1. The number of methoxy groups -OCH3 is 1. The lowest BCUT2D eigenvalue weighted by atomic mass is 9.87. The van der Waals surface area contributed by atoms with Crippen LogP contribution in [0.4, 0.5) is 5.69 Å². The number of amides is 1. The fourth-order valence-corrected chi connectivity index (χ4v) is 4.25. The van der Waals surface area contributed by atoms with E-state index in [-0.39, 0.29) is 23.8 Å². The third-order valence-corrected chi connectivity index (χ3v) is 5.84. The van der Waals surface area contributed by atoms with Gasteiger partial charge in [0.1, 0.15) is 0 Å². The van der Waals surface area contributed by atoms with Crippen molar-refractivity contribution in [3.8, 4) is 0 Å². The van der Waals surface area contributed by atoms with Crippen LogP contribution in [0.25, 0.3) is 0 Å². The van der Waals surface area contributed by atoms with Crippen LogP contribution < -0.4 is 4.90 Å². The van der Waals surface area contributed by atoms with Crippen molar-refractivity contribution < 1.29 is 14.3 Å². The van der Waals surface area contributed by atoms with Crippen LogP contribution in [0.5, 0.6) is 0 Å². The Morgan fingerprint density at radius 3 is 2.48 bits per heavy atom. The first kappa shape index (κ1) is 19.6. The Labute approximate surface area is 161 Å². The maximum atomic E-state index is 12.2. The molecule has 0 N–H and O–H groups in total. The van der Waals surface area contributed by atoms with Crippen molar-refractivity contribution in [3.05, 3.63) is 24.5 Å². The molecule has 3 heterocycles. The van der Waals surface area contributed by atoms with E-state index in [1.54, 1.807) is 0 Å². The number of anilines is 1. The molecule has 0 spiro atoms. The topological polar surface area (TPSA) is 66.0 Å². The highest BCUT2D eigenvalue weighted by molar-refractivity contribution is 5.76. The van der Waals surface area contributed by atoms with Gasteiger partial charge in [-0.25, -0.2) is 0 Å². The van der Waals surface area contributed by atoms with Crippen LogP contribution in [0.15, 0.2) is 24.5 Å². The zero-order valence-electron chi connectivity index (χ0n) is 16.3. The summed E-state index contributed by atoms with van der Waals surface area (Å²) in [6.45, 7) is 7.09. The quantitative estimate of drug-likeness (QED) is 0.726. The second-order valence-electron chi connectivity index (χ2n) is 7.32. The number of carbonyl (C=O) groups excluding carboxylic acids is 2. The lowest BCUT2D eigenvalue weighted by Gasteiger charge is -2.47. The Kier molecular flexibility index (Phi) is 6.66. The van der Waals surface area contributed by atoms with Crippen molar-refractivity contribution in [1.82, 2.24) is 14.8 Å². The highest BCUT2D eigenvalue weighted by atomic mass is 16.5. The van der Waals surface area contributed by atoms with Gasteiger partial charge >= 0.3 is 5.97 Å². The second-order valence-corrected chi connectivity index (χ2v) is 7.32. The van der Waals surface area contributed by atoms with Crippen molar-refractivity contribution in [2.75, 3.05) is 51.3 Å². The summed E-state index contributed by atoms with van der Waals surface area (Å²) < 4.78 is 4.91. The molecule has 0 aromatic carbocycles. The van der Waals surface area contributed by atoms with E-state index in [1.807, 2.05) is 36.4 Å². The summed E-state index contributed by atoms with van der Waals surface area (Å²) in [5.41, 5.74) is 1.20. The third kappa shape index (κ3) is 4.77. The summed E-state index contributed by atoms with van der Waals surface area (Å²) in [5, 5.41) is 0. The number of hydrogen-bond donors (Lipinski definition) is 0. The normalized spacial score (nSPS) is 23.9. The average molecular weight is 374 g/mol. The van der Waals surface area contributed by atoms with E-state index >= 15 is 0 Å². The van der Waals surface area contributed by atoms with Gasteiger partial charge < -0.3 is 14.5 Å². The van der Waals surface area contributed by atoms with Crippen LogP contribution in [-0.2, 0) is 14.3 Å². The molecule has 0 aliphatic carbocycles. The third-order valence-electron chi connectivity index (χ3n) is 5.84. The molecular formula is C20H30N4O3. The lowest BCUT2D eigenvalue weighted by molar-refractivity contribution is -0.143. The SMILES string of the molecule is CCC(=O)N1CCC(CC(=O)OC)C(N2CCN(c3ccncc3)CC2)C1. The van der Waals surface area contributed by atoms with Crippen molar-refractivity contribution in [3.63, 3.8) is 0 Å². The number of pyridine rings is 1. The van der Waals surface area contributed by atoms with Gasteiger partial charge in [0.05, 0.1) is 7.11 Å². The van der Waals surface area contributed by atoms with E-state index in [9.17, 15) is 9.59 Å². The lowest BCUT2D eigenvalue weighted by Crippen LogP contribution is -2.59. The smallest absolute Gasteiger partial charge is 0.305 e. The summed E-state index contributed by atoms with van der Waals surface area (Å²) >= 11 is 0. The molecule has 0 saturated carbocycles. The number of piperazine rings is 1. The van der Waals surface area contributed by atoms with Crippen LogP contribution in [-0.4, -0.2) is 79.1 Å². The van der Waals surface area contributed by atoms with Gasteiger partial charge in [-0.05, 0) is 24.5 Å². The predicted molar refractivity (Wildman–Crippen MR) is 103 cm³/mol. The summed E-state index contributed by atoms with van der Waals surface area (Å²) in [6, 6.07) is 4.30. The largest absolute Gasteiger partial charge is 0.469 e. The minimum Gasteiger partial charge on any atom is -0.469 e. The Morgan fingerprint density at radius 2 is 1.85 bits per heavy atom. The van der Waals surface area contributed by atoms with E-state index in [4.69, 9.17) is 4.74 Å². The monoisotopic (exact) mass is 374 g/mol. The summed E-state index contributed by atoms with van der Waals surface area (Å²) in [5.74, 6) is 0.286. The highest BCUT2D eigenvalue weighted by Gasteiger charge is 2.37. The van der Waals surface area contributed by atoms with Crippen molar-refractivity contribution in [2.45, 2.75) is 32.2 Å². The number of rotatable bonds is 5. The van der Waals surface area contributed by atoms with Gasteiger partial charge in [-0.2, -0.15) is 0 Å². The van der Waals surface area contributed by atoms with E-state index in [0.717, 1.165) is 39.1 Å². The van der Waals surface area contributed by atoms with Crippen molar-refractivity contribution >= 4 is 17.6 Å². The Balaban J connectivity index is 1.66. The number of likely N-dealkylation sites (tertiary alicyclic amines) is 1. The van der Waals surface area contributed by atoms with Crippen LogP contribution in [0.2, 0.25) is 0 Å². The van der Waals surface area contributed by atoms with Gasteiger partial charge in [0.25, 0.3) is 0 Å². The molecule has 7 nitrogen and oxygen atoms in total. The van der Waals surface area contributed by atoms with E-state index in [1.165, 1.54) is 12.8 Å². The Morgan fingerprint density at radius 1 is 1.15 bits per heavy atom. The zero-order chi connectivity index (χ0) is 19.2. The molecule has 2 aliphatic heterocycles. The second kappa shape index (κ2) is 9.17. The Bertz CT molecular complexity index is 631. The van der Waals surface area contributed by atoms with Gasteiger partial charge in [0.2, 0.25) is 5.91 Å². The molecule has 1 aromatic heterocycles. The van der Waals surface area contributed by atoms with E-state index in [2.05, 4.69) is 14.8 Å². The van der Waals surface area contributed by atoms with E-state index < -0.39 is 0 Å². The first-order valence-corrected chi connectivity index (χ1v) is 9.86. The Hall–Kier alpha value is -2.15. The number of ether oxygens (including phenoxy) is 1. The molecule has 27 heavy (non-hydrogen) atoms. The first-order chi connectivity index (χ1) is 13.1. The summed E-state index contributed by atoms with van der Waals surface area (Å²) in [7, 11) is 1.45. The minimum atomic E-state index is -0.157. The standard InChI is InChI=1S/C20H30N4O3/c1-3-19(25)24-9-6-16(14-20(26)27-2)18(15-24)23-12-10-22(11-13-23)17-4-7-21-8-5-17/h4-5,7-8,16,18H,3,6,9-15H2,1-2H3. The molecule has 2 fully saturated rings. The molecule has 0 bridgehead atoms. The molecule has 2 unspecified atom stereocenters. The van der Waals surface area contributed by atoms with Crippen molar-refractivity contribution in [2.24, 2.45) is 5.92 Å². The van der Waals surface area contributed by atoms with Crippen LogP contribution >= 0.6 is 0 Å². The van der Waals surface area contributed by atoms with Crippen LogP contribution in [0.1, 0.15) is 26.2 Å². The van der Waals surface area contributed by atoms with Gasteiger partial charge in [-0.15, -0.1) is 0 Å². The number of carbonyl (C=O) groups is 2. The molecule has 2 saturated heterocycles. The van der Waals surface area contributed by atoms with Crippen LogP contribution in [0.3, 0.4) is 0 Å². The van der Waals surface area contributed by atoms with Gasteiger partial charge in [0, 0.05) is 76.2 Å². The molecular weight excluding hydrogens is 344 g/mol. The molecule has 3 rings (SSSR count). The molecule has 1 amide bonds. The first-order valence-electron chi connectivity index (χ1n) is 9.86. The van der Waals surface area contributed by atoms with Gasteiger partial charge in [-0.3, -0.25) is 19.5 Å². The summed E-state index contributed by atoms with van der Waals surface area (Å²) in [6.07, 6.45) is 5.47. The number of hydrogen-bond acceptors (Lipinski definition) is 6. The molecule has 7 heteroatoms. The fourth-order valence-electron chi connectivity index (χ4n) is 4.25. The van der Waals surface area contributed by atoms with Crippen LogP contribution in [0, 0.1) is 5.92 Å². The zero-order valence-corrected chi connectivity index (χ0v) is 16.3. The highest BCUT2D eigenvalue weighted by Crippen LogP contribution is 2.28. The number of esters is 1. The summed E-state index contributed by atoms with van der Waals surface area (Å²) in [4.78, 5) is 35.0. The van der Waals surface area contributed by atoms with Crippen molar-refractivity contribution in [1.29, 1.82) is 0 Å². The maximum Gasteiger partial charge on any atom is 0.305 e. The molecule has 2 aliphatic rings.